The van der Waals surface area contributed by atoms with E-state index in [1.165, 1.54) is 0 Å². The van der Waals surface area contributed by atoms with Crippen molar-refractivity contribution in [3.8, 4) is 0 Å². The third-order valence-corrected chi connectivity index (χ3v) is 3.81. The van der Waals surface area contributed by atoms with Crippen LogP contribution in [0.3, 0.4) is 0 Å². The molecule has 0 spiro atoms. The van der Waals surface area contributed by atoms with Crippen molar-refractivity contribution in [3.63, 3.8) is 0 Å². The number of hydrogen-bond donors (Lipinski definition) is 3. The van der Waals surface area contributed by atoms with E-state index in [9.17, 15) is 9.90 Å². The quantitative estimate of drug-likeness (QED) is 0.730. The van der Waals surface area contributed by atoms with Crippen LogP contribution in [0.2, 0.25) is 0 Å². The van der Waals surface area contributed by atoms with E-state index in [-0.39, 0.29) is 24.5 Å². The molecule has 2 atom stereocenters. The molecule has 0 saturated carbocycles. The number of nitrogens with zero attached hydrogens (tertiary/aromatic N) is 2. The average molecular weight is 314 g/mol. The lowest BCUT2D eigenvalue weighted by atomic mass is 9.99. The Morgan fingerprint density at radius 2 is 1.87 bits per heavy atom. The van der Waals surface area contributed by atoms with E-state index in [4.69, 9.17) is 0 Å². The third-order valence-electron chi connectivity index (χ3n) is 3.81. The van der Waals surface area contributed by atoms with Gasteiger partial charge in [0, 0.05) is 23.6 Å². The minimum atomic E-state index is -0.233. The van der Waals surface area contributed by atoms with Gasteiger partial charge in [-0.1, -0.05) is 20.3 Å². The molecule has 3 N–H and O–H groups in total. The third kappa shape index (κ3) is 4.75. The number of carbonyl (C=O) groups excluding carboxylic acids is 1. The van der Waals surface area contributed by atoms with Gasteiger partial charge >= 0.3 is 0 Å². The number of benzene rings is 1. The zero-order chi connectivity index (χ0) is 16.7. The van der Waals surface area contributed by atoms with Crippen molar-refractivity contribution in [3.05, 3.63) is 48.3 Å². The van der Waals surface area contributed by atoms with E-state index in [1.807, 2.05) is 13.8 Å². The smallest absolute Gasteiger partial charge is 0.251 e. The van der Waals surface area contributed by atoms with Crippen LogP contribution >= 0.6 is 0 Å². The summed E-state index contributed by atoms with van der Waals surface area (Å²) < 4.78 is 0. The highest BCUT2D eigenvalue weighted by molar-refractivity contribution is 5.94. The summed E-state index contributed by atoms with van der Waals surface area (Å²) in [5.74, 6) is 0.536. The number of aromatic nitrogens is 2. The van der Waals surface area contributed by atoms with Gasteiger partial charge in [-0.25, -0.2) is 9.97 Å². The molecule has 0 radical (unpaired) electrons. The molecule has 0 aliphatic rings. The van der Waals surface area contributed by atoms with Crippen LogP contribution in [-0.2, 0) is 0 Å². The average Bonchev–Trinajstić information content (AvgIpc) is 2.60. The fourth-order valence-corrected chi connectivity index (χ4v) is 2.10. The topological polar surface area (TPSA) is 87.1 Å². The lowest BCUT2D eigenvalue weighted by Crippen LogP contribution is -2.41. The van der Waals surface area contributed by atoms with Gasteiger partial charge in [-0.05, 0) is 36.2 Å². The van der Waals surface area contributed by atoms with Gasteiger partial charge in [-0.3, -0.25) is 4.79 Å². The van der Waals surface area contributed by atoms with Crippen LogP contribution in [0.1, 0.15) is 30.6 Å². The monoisotopic (exact) mass is 314 g/mol. The summed E-state index contributed by atoms with van der Waals surface area (Å²) in [7, 11) is 0. The first-order chi connectivity index (χ1) is 11.1. The molecule has 1 heterocycles. The Morgan fingerprint density at radius 1 is 1.22 bits per heavy atom. The van der Waals surface area contributed by atoms with Gasteiger partial charge in [-0.2, -0.15) is 0 Å². The van der Waals surface area contributed by atoms with E-state index in [1.54, 1.807) is 42.7 Å². The van der Waals surface area contributed by atoms with E-state index >= 15 is 0 Å². The van der Waals surface area contributed by atoms with Crippen LogP contribution in [-0.4, -0.2) is 33.6 Å². The molecular formula is C17H22N4O2. The van der Waals surface area contributed by atoms with Gasteiger partial charge in [0.1, 0.15) is 0 Å². The summed E-state index contributed by atoms with van der Waals surface area (Å²) in [5.41, 5.74) is 1.35. The summed E-state index contributed by atoms with van der Waals surface area (Å²) in [4.78, 5) is 20.4. The van der Waals surface area contributed by atoms with Crippen molar-refractivity contribution in [2.45, 2.75) is 26.3 Å². The normalized spacial score (nSPS) is 13.2. The van der Waals surface area contributed by atoms with Gasteiger partial charge in [0.2, 0.25) is 5.95 Å². The van der Waals surface area contributed by atoms with Crippen LogP contribution in [0.5, 0.6) is 0 Å². The van der Waals surface area contributed by atoms with Crippen LogP contribution in [0.4, 0.5) is 11.6 Å². The summed E-state index contributed by atoms with van der Waals surface area (Å²) >= 11 is 0. The Labute approximate surface area is 136 Å². The standard InChI is InChI=1S/C17H22N4O2/c1-3-12(2)15(11-22)21-16(23)13-5-7-14(8-6-13)20-17-18-9-4-10-19-17/h4-10,12,15,22H,3,11H2,1-2H3,(H,21,23)(H,18,19,20)/t12-,15-/m1/s1. The van der Waals surface area contributed by atoms with Crippen LogP contribution < -0.4 is 10.6 Å². The summed E-state index contributed by atoms with van der Waals surface area (Å²) in [6.07, 6.45) is 4.20. The van der Waals surface area contributed by atoms with Crippen molar-refractivity contribution in [1.82, 2.24) is 15.3 Å². The zero-order valence-corrected chi connectivity index (χ0v) is 13.4. The number of anilines is 2. The minimum absolute atomic E-state index is 0.0638. The van der Waals surface area contributed by atoms with Crippen molar-refractivity contribution >= 4 is 17.5 Å². The maximum absolute atomic E-state index is 12.2. The first-order valence-corrected chi connectivity index (χ1v) is 7.69. The van der Waals surface area contributed by atoms with Crippen LogP contribution in [0.15, 0.2) is 42.7 Å². The largest absolute Gasteiger partial charge is 0.394 e. The maximum Gasteiger partial charge on any atom is 0.251 e. The lowest BCUT2D eigenvalue weighted by Gasteiger charge is -2.22. The molecule has 6 heteroatoms. The van der Waals surface area contributed by atoms with Gasteiger partial charge in [0.15, 0.2) is 0 Å². The Kier molecular flexibility index (Phi) is 6.05. The molecule has 1 aromatic carbocycles. The highest BCUT2D eigenvalue weighted by atomic mass is 16.3. The van der Waals surface area contributed by atoms with E-state index < -0.39 is 0 Å². The molecule has 0 unspecified atom stereocenters. The van der Waals surface area contributed by atoms with Crippen molar-refractivity contribution < 1.29 is 9.90 Å². The molecular weight excluding hydrogens is 292 g/mol. The highest BCUT2D eigenvalue weighted by Gasteiger charge is 2.18. The van der Waals surface area contributed by atoms with E-state index in [2.05, 4.69) is 20.6 Å². The molecule has 2 aromatic rings. The fourth-order valence-electron chi connectivity index (χ4n) is 2.10. The number of aliphatic hydroxyl groups excluding tert-OH is 1. The van der Waals surface area contributed by atoms with Crippen molar-refractivity contribution in [2.24, 2.45) is 5.92 Å². The number of amides is 1. The molecule has 1 aromatic heterocycles. The number of nitrogens with one attached hydrogen (secondary N) is 2. The predicted octanol–water partition coefficient (Wildman–Crippen LogP) is 2.36. The molecule has 2 rings (SSSR count). The first-order valence-electron chi connectivity index (χ1n) is 7.69. The molecule has 0 saturated heterocycles. The molecule has 0 fully saturated rings. The molecule has 23 heavy (non-hydrogen) atoms. The number of rotatable bonds is 7. The van der Waals surface area contributed by atoms with Crippen molar-refractivity contribution in [1.29, 1.82) is 0 Å². The Balaban J connectivity index is 2.00. The van der Waals surface area contributed by atoms with Gasteiger partial charge < -0.3 is 15.7 Å². The minimum Gasteiger partial charge on any atom is -0.394 e. The molecule has 1 amide bonds. The molecule has 6 nitrogen and oxygen atoms in total. The fraction of sp³-hybridized carbons (Fsp3) is 0.353. The van der Waals surface area contributed by atoms with Crippen LogP contribution in [0.25, 0.3) is 0 Å². The Bertz CT molecular complexity index is 616. The Hall–Kier alpha value is -2.47. The second-order valence-corrected chi connectivity index (χ2v) is 5.42. The number of hydrogen-bond acceptors (Lipinski definition) is 5. The number of aliphatic hydroxyl groups is 1. The SMILES string of the molecule is CC[C@@H](C)[C@@H](CO)NC(=O)c1ccc(Nc2ncccn2)cc1. The molecule has 0 aliphatic carbocycles. The highest BCUT2D eigenvalue weighted by Crippen LogP contribution is 2.14. The van der Waals surface area contributed by atoms with Gasteiger partial charge in [-0.15, -0.1) is 0 Å². The van der Waals surface area contributed by atoms with Gasteiger partial charge in [0.25, 0.3) is 5.91 Å². The summed E-state index contributed by atoms with van der Waals surface area (Å²) in [6.45, 7) is 3.98. The van der Waals surface area contributed by atoms with Gasteiger partial charge in [0.05, 0.1) is 12.6 Å². The number of carbonyl (C=O) groups is 1. The summed E-state index contributed by atoms with van der Waals surface area (Å²) in [5, 5.41) is 15.3. The molecule has 0 aliphatic heterocycles. The zero-order valence-electron chi connectivity index (χ0n) is 13.4. The van der Waals surface area contributed by atoms with Crippen LogP contribution in [0, 0.1) is 5.92 Å². The second-order valence-electron chi connectivity index (χ2n) is 5.42. The first kappa shape index (κ1) is 16.9. The predicted molar refractivity (Wildman–Crippen MR) is 89.6 cm³/mol. The van der Waals surface area contributed by atoms with E-state index in [0.717, 1.165) is 12.1 Å². The maximum atomic E-state index is 12.2. The van der Waals surface area contributed by atoms with Crippen molar-refractivity contribution in [2.75, 3.05) is 11.9 Å². The van der Waals surface area contributed by atoms with E-state index in [0.29, 0.717) is 11.5 Å². The molecule has 122 valence electrons. The second kappa shape index (κ2) is 8.24. The Morgan fingerprint density at radius 3 is 2.43 bits per heavy atom. The lowest BCUT2D eigenvalue weighted by molar-refractivity contribution is 0.0891. The summed E-state index contributed by atoms with van der Waals surface area (Å²) in [6, 6.07) is 8.55. The molecule has 0 bridgehead atoms.